The van der Waals surface area contributed by atoms with Crippen LogP contribution in [-0.2, 0) is 6.42 Å². The molecule has 0 radical (unpaired) electrons. The first-order chi connectivity index (χ1) is 15.2. The lowest BCUT2D eigenvalue weighted by atomic mass is 9.78. The van der Waals surface area contributed by atoms with E-state index >= 15 is 0 Å². The lowest BCUT2D eigenvalue weighted by Gasteiger charge is -2.36. The molecular formula is C25H32N4O2. The summed E-state index contributed by atoms with van der Waals surface area (Å²) >= 11 is 0. The molecule has 1 saturated heterocycles. The maximum Gasteiger partial charge on any atom is 0.287 e. The number of amides is 1. The van der Waals surface area contributed by atoms with Crippen LogP contribution >= 0.6 is 0 Å². The zero-order valence-corrected chi connectivity index (χ0v) is 18.3. The van der Waals surface area contributed by atoms with Crippen LogP contribution in [0.2, 0.25) is 0 Å². The Morgan fingerprint density at radius 1 is 1.19 bits per heavy atom. The van der Waals surface area contributed by atoms with E-state index in [0.717, 1.165) is 64.0 Å². The Hall–Kier alpha value is -2.78. The van der Waals surface area contributed by atoms with Gasteiger partial charge in [0, 0.05) is 31.4 Å². The molecule has 2 fully saturated rings. The topological polar surface area (TPSA) is 72.5 Å². The number of carbonyl (C=O) groups is 1. The number of hydrogen-bond acceptors (Lipinski definition) is 5. The summed E-state index contributed by atoms with van der Waals surface area (Å²) in [6, 6.07) is 12.2. The molecule has 1 aliphatic carbocycles. The number of hydrogen-bond donors (Lipinski definition) is 1. The van der Waals surface area contributed by atoms with Gasteiger partial charge in [0.15, 0.2) is 5.76 Å². The standard InChI is InChI=1S/C25H32N4O2/c1-2-22-20(18-26)6-3-7-23(22)29-11-5-10-28(13-14-29)12-9-19-16-21(17-19)27-25(30)24-8-4-15-31-24/h3-4,6-8,15,19,21H,2,5,9-14,16-17H2,1H3,(H,27,30). The Bertz CT molecular complexity index is 912. The van der Waals surface area contributed by atoms with Crippen LogP contribution in [0.1, 0.15) is 54.3 Å². The number of furan rings is 1. The molecule has 0 unspecified atom stereocenters. The average Bonchev–Trinajstić information content (AvgIpc) is 3.21. The number of rotatable bonds is 7. The Morgan fingerprint density at radius 3 is 2.81 bits per heavy atom. The van der Waals surface area contributed by atoms with Gasteiger partial charge in [-0.1, -0.05) is 13.0 Å². The van der Waals surface area contributed by atoms with Crippen molar-refractivity contribution in [2.75, 3.05) is 37.6 Å². The van der Waals surface area contributed by atoms with E-state index in [2.05, 4.69) is 34.2 Å². The first kappa shape index (κ1) is 21.5. The van der Waals surface area contributed by atoms with Crippen LogP contribution in [0.4, 0.5) is 5.69 Å². The van der Waals surface area contributed by atoms with Crippen molar-refractivity contribution in [3.63, 3.8) is 0 Å². The van der Waals surface area contributed by atoms with E-state index in [1.54, 1.807) is 12.1 Å². The molecule has 2 heterocycles. The van der Waals surface area contributed by atoms with E-state index in [1.165, 1.54) is 23.9 Å². The molecule has 4 rings (SSSR count). The minimum Gasteiger partial charge on any atom is -0.459 e. The van der Waals surface area contributed by atoms with E-state index in [1.807, 2.05) is 12.1 Å². The van der Waals surface area contributed by atoms with Gasteiger partial charge in [0.05, 0.1) is 17.9 Å². The highest BCUT2D eigenvalue weighted by atomic mass is 16.3. The van der Waals surface area contributed by atoms with Crippen molar-refractivity contribution in [2.45, 2.75) is 45.1 Å². The lowest BCUT2D eigenvalue weighted by molar-refractivity contribution is 0.0851. The van der Waals surface area contributed by atoms with E-state index in [4.69, 9.17) is 4.42 Å². The molecule has 6 heteroatoms. The van der Waals surface area contributed by atoms with E-state index in [0.29, 0.717) is 11.7 Å². The van der Waals surface area contributed by atoms with Crippen molar-refractivity contribution in [1.82, 2.24) is 10.2 Å². The van der Waals surface area contributed by atoms with Gasteiger partial charge in [0.25, 0.3) is 5.91 Å². The van der Waals surface area contributed by atoms with Crippen molar-refractivity contribution in [3.8, 4) is 6.07 Å². The molecule has 31 heavy (non-hydrogen) atoms. The predicted molar refractivity (Wildman–Crippen MR) is 121 cm³/mol. The molecule has 0 spiro atoms. The molecule has 1 aliphatic heterocycles. The summed E-state index contributed by atoms with van der Waals surface area (Å²) in [5.41, 5.74) is 3.22. The van der Waals surface area contributed by atoms with Crippen LogP contribution < -0.4 is 10.2 Å². The van der Waals surface area contributed by atoms with Crippen LogP contribution in [0.5, 0.6) is 0 Å². The van der Waals surface area contributed by atoms with Gasteiger partial charge in [-0.15, -0.1) is 0 Å². The molecule has 1 N–H and O–H groups in total. The molecule has 6 nitrogen and oxygen atoms in total. The SMILES string of the molecule is CCc1c(C#N)cccc1N1CCCN(CCC2CC(NC(=O)c3ccco3)C2)CC1. The summed E-state index contributed by atoms with van der Waals surface area (Å²) in [6.45, 7) is 7.49. The summed E-state index contributed by atoms with van der Waals surface area (Å²) in [4.78, 5) is 17.1. The molecule has 1 aromatic heterocycles. The average molecular weight is 421 g/mol. The third-order valence-corrected chi connectivity index (χ3v) is 6.72. The number of anilines is 1. The highest BCUT2D eigenvalue weighted by Gasteiger charge is 2.31. The number of nitriles is 1. The Labute approximate surface area is 184 Å². The molecule has 0 atom stereocenters. The summed E-state index contributed by atoms with van der Waals surface area (Å²) in [5.74, 6) is 0.984. The van der Waals surface area contributed by atoms with Gasteiger partial charge in [-0.3, -0.25) is 4.79 Å². The molecule has 1 amide bonds. The van der Waals surface area contributed by atoms with Crippen molar-refractivity contribution >= 4 is 11.6 Å². The summed E-state index contributed by atoms with van der Waals surface area (Å²) in [7, 11) is 0. The van der Waals surface area contributed by atoms with Crippen LogP contribution in [-0.4, -0.2) is 49.6 Å². The molecule has 0 bridgehead atoms. The monoisotopic (exact) mass is 420 g/mol. The van der Waals surface area contributed by atoms with Gasteiger partial charge in [-0.25, -0.2) is 0 Å². The van der Waals surface area contributed by atoms with E-state index in [9.17, 15) is 10.1 Å². The maximum absolute atomic E-state index is 12.1. The molecule has 1 aromatic carbocycles. The Kier molecular flexibility index (Phi) is 6.93. The molecule has 164 valence electrons. The fourth-order valence-electron chi connectivity index (χ4n) is 4.90. The zero-order chi connectivity index (χ0) is 21.6. The lowest BCUT2D eigenvalue weighted by Crippen LogP contribution is -2.45. The van der Waals surface area contributed by atoms with Crippen LogP contribution in [0, 0.1) is 17.2 Å². The quantitative estimate of drug-likeness (QED) is 0.737. The van der Waals surface area contributed by atoms with E-state index in [-0.39, 0.29) is 11.9 Å². The number of benzene rings is 1. The van der Waals surface area contributed by atoms with Gasteiger partial charge in [0.2, 0.25) is 0 Å². The van der Waals surface area contributed by atoms with Crippen molar-refractivity contribution < 1.29 is 9.21 Å². The van der Waals surface area contributed by atoms with Gasteiger partial charge in [0.1, 0.15) is 0 Å². The van der Waals surface area contributed by atoms with Gasteiger partial charge in [-0.05, 0) is 80.9 Å². The van der Waals surface area contributed by atoms with Crippen molar-refractivity contribution in [2.24, 2.45) is 5.92 Å². The molecular weight excluding hydrogens is 388 g/mol. The third kappa shape index (κ3) is 5.11. The smallest absolute Gasteiger partial charge is 0.287 e. The first-order valence-corrected chi connectivity index (χ1v) is 11.5. The predicted octanol–water partition coefficient (Wildman–Crippen LogP) is 3.82. The van der Waals surface area contributed by atoms with E-state index < -0.39 is 0 Å². The maximum atomic E-state index is 12.1. The molecule has 1 saturated carbocycles. The number of carbonyl (C=O) groups excluding carboxylic acids is 1. The van der Waals surface area contributed by atoms with Gasteiger partial charge >= 0.3 is 0 Å². The second-order valence-corrected chi connectivity index (χ2v) is 8.72. The van der Waals surface area contributed by atoms with Crippen LogP contribution in [0.15, 0.2) is 41.0 Å². The number of nitrogens with zero attached hydrogens (tertiary/aromatic N) is 3. The third-order valence-electron chi connectivity index (χ3n) is 6.72. The van der Waals surface area contributed by atoms with Crippen LogP contribution in [0.3, 0.4) is 0 Å². The number of nitrogens with one attached hydrogen (secondary N) is 1. The van der Waals surface area contributed by atoms with Crippen molar-refractivity contribution in [1.29, 1.82) is 5.26 Å². The second kappa shape index (κ2) is 10.0. The Morgan fingerprint density at radius 2 is 2.06 bits per heavy atom. The summed E-state index contributed by atoms with van der Waals surface area (Å²) < 4.78 is 5.16. The van der Waals surface area contributed by atoms with Crippen LogP contribution in [0.25, 0.3) is 0 Å². The normalized spacial score (nSPS) is 21.7. The molecule has 2 aromatic rings. The minimum atomic E-state index is -0.104. The highest BCUT2D eigenvalue weighted by Crippen LogP contribution is 2.31. The first-order valence-electron chi connectivity index (χ1n) is 11.5. The van der Waals surface area contributed by atoms with Gasteiger partial charge < -0.3 is 19.5 Å². The summed E-state index contributed by atoms with van der Waals surface area (Å²) in [5, 5.41) is 12.5. The van der Waals surface area contributed by atoms with Gasteiger partial charge in [-0.2, -0.15) is 5.26 Å². The second-order valence-electron chi connectivity index (χ2n) is 8.72. The largest absolute Gasteiger partial charge is 0.459 e. The minimum absolute atomic E-state index is 0.104. The van der Waals surface area contributed by atoms with Crippen molar-refractivity contribution in [3.05, 3.63) is 53.5 Å². The summed E-state index contributed by atoms with van der Waals surface area (Å²) in [6.07, 6.45) is 6.88. The Balaban J connectivity index is 1.21. The molecule has 2 aliphatic rings. The zero-order valence-electron chi connectivity index (χ0n) is 18.3. The fourth-order valence-corrected chi connectivity index (χ4v) is 4.90. The highest BCUT2D eigenvalue weighted by molar-refractivity contribution is 5.91. The fraction of sp³-hybridized carbons (Fsp3) is 0.520.